The maximum atomic E-state index is 12.5. The minimum absolute atomic E-state index is 0.0472. The van der Waals surface area contributed by atoms with E-state index in [9.17, 15) is 4.79 Å². The van der Waals surface area contributed by atoms with Crippen molar-refractivity contribution in [2.75, 3.05) is 13.1 Å². The molecule has 0 bridgehead atoms. The first-order chi connectivity index (χ1) is 10.5. The van der Waals surface area contributed by atoms with Crippen LogP contribution in [-0.2, 0) is 0 Å². The van der Waals surface area contributed by atoms with Crippen LogP contribution in [0.5, 0.6) is 0 Å². The van der Waals surface area contributed by atoms with Gasteiger partial charge in [-0.3, -0.25) is 4.79 Å². The zero-order chi connectivity index (χ0) is 15.7. The number of piperidine rings is 1. The summed E-state index contributed by atoms with van der Waals surface area (Å²) >= 11 is 1.73. The largest absolute Gasteiger partial charge is 0.338 e. The molecule has 3 heterocycles. The number of hydrogen-bond acceptors (Lipinski definition) is 4. The van der Waals surface area contributed by atoms with Crippen molar-refractivity contribution in [3.8, 4) is 0 Å². The number of imidazole rings is 1. The third-order valence-electron chi connectivity index (χ3n) is 4.12. The molecule has 5 nitrogen and oxygen atoms in total. The molecule has 2 aromatic heterocycles. The molecular formula is C16H22N4OS. The van der Waals surface area contributed by atoms with Gasteiger partial charge < -0.3 is 9.88 Å². The Morgan fingerprint density at radius 3 is 2.95 bits per heavy atom. The molecule has 0 radical (unpaired) electrons. The molecule has 118 valence electrons. The topological polar surface area (TPSA) is 61.9 Å². The maximum absolute atomic E-state index is 12.5. The Morgan fingerprint density at radius 2 is 2.32 bits per heavy atom. The highest BCUT2D eigenvalue weighted by atomic mass is 32.1. The number of carbonyl (C=O) groups is 1. The normalized spacial score (nSPS) is 18.9. The van der Waals surface area contributed by atoms with Crippen molar-refractivity contribution in [1.82, 2.24) is 19.9 Å². The summed E-state index contributed by atoms with van der Waals surface area (Å²) in [6, 6.07) is 0. The van der Waals surface area contributed by atoms with Gasteiger partial charge in [-0.2, -0.15) is 0 Å². The van der Waals surface area contributed by atoms with Gasteiger partial charge in [-0.05, 0) is 25.7 Å². The molecule has 1 atom stereocenters. The number of nitrogens with zero attached hydrogens (tertiary/aromatic N) is 3. The van der Waals surface area contributed by atoms with Crippen LogP contribution < -0.4 is 0 Å². The average Bonchev–Trinajstić information content (AvgIpc) is 3.15. The quantitative estimate of drug-likeness (QED) is 0.944. The highest BCUT2D eigenvalue weighted by Crippen LogP contribution is 2.31. The Bertz CT molecular complexity index is 661. The number of nitrogens with one attached hydrogen (secondary N) is 1. The molecule has 0 aliphatic carbocycles. The molecule has 1 fully saturated rings. The predicted octanol–water partition coefficient (Wildman–Crippen LogP) is 3.32. The number of aromatic amines is 1. The maximum Gasteiger partial charge on any atom is 0.271 e. The Labute approximate surface area is 134 Å². The Balaban J connectivity index is 1.72. The van der Waals surface area contributed by atoms with Gasteiger partial charge in [-0.15, -0.1) is 11.3 Å². The van der Waals surface area contributed by atoms with Crippen molar-refractivity contribution < 1.29 is 4.79 Å². The standard InChI is InChI=1S/C16H22N4OS/c1-10(2)14-9-22-15(19-14)12-5-4-6-20(8-12)16(21)13-7-17-11(3)18-13/h7,9-10,12H,4-6,8H2,1-3H3,(H,17,18)/t12-/m0/s1. The summed E-state index contributed by atoms with van der Waals surface area (Å²) in [5.74, 6) is 1.64. The van der Waals surface area contributed by atoms with Crippen LogP contribution in [-0.4, -0.2) is 38.8 Å². The predicted molar refractivity (Wildman–Crippen MR) is 87.4 cm³/mol. The summed E-state index contributed by atoms with van der Waals surface area (Å²) in [7, 11) is 0. The van der Waals surface area contributed by atoms with Crippen LogP contribution in [0.3, 0.4) is 0 Å². The van der Waals surface area contributed by atoms with E-state index in [0.717, 1.165) is 37.4 Å². The van der Waals surface area contributed by atoms with Crippen molar-refractivity contribution in [3.63, 3.8) is 0 Å². The van der Waals surface area contributed by atoms with Gasteiger partial charge in [0.15, 0.2) is 0 Å². The number of rotatable bonds is 3. The summed E-state index contributed by atoms with van der Waals surface area (Å²) in [6.07, 6.45) is 3.76. The molecule has 0 spiro atoms. The number of amides is 1. The van der Waals surface area contributed by atoms with Crippen LogP contribution in [0.1, 0.15) is 65.5 Å². The first-order valence-electron chi connectivity index (χ1n) is 7.80. The highest BCUT2D eigenvalue weighted by Gasteiger charge is 2.28. The number of carbonyl (C=O) groups excluding carboxylic acids is 1. The number of aromatic nitrogens is 3. The first-order valence-corrected chi connectivity index (χ1v) is 8.68. The van der Waals surface area contributed by atoms with E-state index in [1.54, 1.807) is 17.5 Å². The molecule has 6 heteroatoms. The lowest BCUT2D eigenvalue weighted by molar-refractivity contribution is 0.0701. The molecule has 22 heavy (non-hydrogen) atoms. The number of aryl methyl sites for hydroxylation is 1. The van der Waals surface area contributed by atoms with Crippen LogP contribution in [0.4, 0.5) is 0 Å². The molecule has 1 aliphatic heterocycles. The zero-order valence-corrected chi connectivity index (χ0v) is 14.1. The monoisotopic (exact) mass is 318 g/mol. The van der Waals surface area contributed by atoms with Gasteiger partial charge in [0.1, 0.15) is 11.5 Å². The van der Waals surface area contributed by atoms with E-state index in [1.807, 2.05) is 11.8 Å². The fraction of sp³-hybridized carbons (Fsp3) is 0.562. The van der Waals surface area contributed by atoms with E-state index in [0.29, 0.717) is 17.5 Å². The number of likely N-dealkylation sites (tertiary alicyclic amines) is 1. The molecule has 0 unspecified atom stereocenters. The SMILES string of the molecule is Cc1ncc(C(=O)N2CCC[C@H](c3nc(C(C)C)cs3)C2)[nH]1. The summed E-state index contributed by atoms with van der Waals surface area (Å²) in [4.78, 5) is 26.4. The first kappa shape index (κ1) is 15.2. The third-order valence-corrected chi connectivity index (χ3v) is 5.15. The Hall–Kier alpha value is -1.69. The average molecular weight is 318 g/mol. The third kappa shape index (κ3) is 3.06. The molecular weight excluding hydrogens is 296 g/mol. The second-order valence-electron chi connectivity index (χ2n) is 6.24. The fourth-order valence-electron chi connectivity index (χ4n) is 2.82. The van der Waals surface area contributed by atoms with Crippen LogP contribution in [0.15, 0.2) is 11.6 Å². The number of hydrogen-bond donors (Lipinski definition) is 1. The highest BCUT2D eigenvalue weighted by molar-refractivity contribution is 7.09. The molecule has 0 aromatic carbocycles. The van der Waals surface area contributed by atoms with E-state index < -0.39 is 0 Å². The van der Waals surface area contributed by atoms with Crippen molar-refractivity contribution >= 4 is 17.2 Å². The minimum atomic E-state index is 0.0472. The van der Waals surface area contributed by atoms with Crippen molar-refractivity contribution in [2.45, 2.75) is 45.4 Å². The summed E-state index contributed by atoms with van der Waals surface area (Å²) in [5, 5.41) is 3.32. The van der Waals surface area contributed by atoms with Crippen LogP contribution in [0.25, 0.3) is 0 Å². The molecule has 2 aromatic rings. The second-order valence-corrected chi connectivity index (χ2v) is 7.13. The van der Waals surface area contributed by atoms with Gasteiger partial charge in [0.25, 0.3) is 5.91 Å². The van der Waals surface area contributed by atoms with E-state index in [2.05, 4.69) is 29.2 Å². The van der Waals surface area contributed by atoms with Gasteiger partial charge >= 0.3 is 0 Å². The Morgan fingerprint density at radius 1 is 1.50 bits per heavy atom. The number of thiazole rings is 1. The van der Waals surface area contributed by atoms with Gasteiger partial charge in [0.2, 0.25) is 0 Å². The van der Waals surface area contributed by atoms with E-state index >= 15 is 0 Å². The summed E-state index contributed by atoms with van der Waals surface area (Å²) in [5.41, 5.74) is 1.74. The molecule has 1 N–H and O–H groups in total. The van der Waals surface area contributed by atoms with E-state index in [4.69, 9.17) is 4.98 Å². The fourth-order valence-corrected chi connectivity index (χ4v) is 3.93. The molecule has 1 amide bonds. The van der Waals surface area contributed by atoms with E-state index in [1.165, 1.54) is 5.01 Å². The molecule has 1 saturated heterocycles. The molecule has 1 aliphatic rings. The Kier molecular flexibility index (Phi) is 4.29. The van der Waals surface area contributed by atoms with Gasteiger partial charge in [0, 0.05) is 24.4 Å². The number of H-pyrrole nitrogens is 1. The smallest absolute Gasteiger partial charge is 0.271 e. The zero-order valence-electron chi connectivity index (χ0n) is 13.3. The minimum Gasteiger partial charge on any atom is -0.338 e. The van der Waals surface area contributed by atoms with Crippen LogP contribution >= 0.6 is 11.3 Å². The van der Waals surface area contributed by atoms with Crippen molar-refractivity contribution in [2.24, 2.45) is 0 Å². The summed E-state index contributed by atoms with van der Waals surface area (Å²) < 4.78 is 0. The van der Waals surface area contributed by atoms with Crippen LogP contribution in [0, 0.1) is 6.92 Å². The van der Waals surface area contributed by atoms with Crippen LogP contribution in [0.2, 0.25) is 0 Å². The molecule has 3 rings (SSSR count). The lowest BCUT2D eigenvalue weighted by Gasteiger charge is -2.31. The van der Waals surface area contributed by atoms with Crippen molar-refractivity contribution in [3.05, 3.63) is 33.8 Å². The lowest BCUT2D eigenvalue weighted by Crippen LogP contribution is -2.39. The summed E-state index contributed by atoms with van der Waals surface area (Å²) in [6.45, 7) is 7.75. The van der Waals surface area contributed by atoms with Gasteiger partial charge in [0.05, 0.1) is 16.9 Å². The van der Waals surface area contributed by atoms with Crippen molar-refractivity contribution in [1.29, 1.82) is 0 Å². The molecule has 0 saturated carbocycles. The van der Waals surface area contributed by atoms with Gasteiger partial charge in [-0.25, -0.2) is 9.97 Å². The second kappa shape index (κ2) is 6.20. The van der Waals surface area contributed by atoms with E-state index in [-0.39, 0.29) is 5.91 Å². The lowest BCUT2D eigenvalue weighted by atomic mass is 9.98. The van der Waals surface area contributed by atoms with Gasteiger partial charge in [-0.1, -0.05) is 13.8 Å².